The number of likely N-dealkylation sites (N-methyl/N-ethyl adjacent to an activating group) is 1. The van der Waals surface area contributed by atoms with Crippen molar-refractivity contribution in [1.82, 2.24) is 20.0 Å². The first-order valence-electron chi connectivity index (χ1n) is 14.3. The Morgan fingerprint density at radius 2 is 1.68 bits per heavy atom. The van der Waals surface area contributed by atoms with Crippen molar-refractivity contribution in [2.75, 3.05) is 52.9 Å². The minimum absolute atomic E-state index is 0.100. The largest absolute Gasteiger partial charge is 0.492 e. The van der Waals surface area contributed by atoms with Gasteiger partial charge in [-0.05, 0) is 61.3 Å². The van der Waals surface area contributed by atoms with E-state index in [4.69, 9.17) is 4.74 Å². The van der Waals surface area contributed by atoms with E-state index < -0.39 is 0 Å². The smallest absolute Gasteiger partial charge is 0.253 e. The number of hydrogen-bond donors (Lipinski definition) is 1. The first kappa shape index (κ1) is 27.9. The molecule has 3 aromatic rings. The predicted octanol–water partition coefficient (Wildman–Crippen LogP) is 4.21. The van der Waals surface area contributed by atoms with Crippen molar-refractivity contribution >= 4 is 11.8 Å². The summed E-state index contributed by atoms with van der Waals surface area (Å²) >= 11 is 0. The SMILES string of the molecule is Cc1ccc(-c2ccc(C(=O)N3CCN(CCOc4cccc(CN(C)CC5CCC(=O)N5)c4)CC3)cc2)cc1. The zero-order chi connectivity index (χ0) is 27.9. The van der Waals surface area contributed by atoms with Crippen LogP contribution in [0.2, 0.25) is 0 Å². The average molecular weight is 541 g/mol. The summed E-state index contributed by atoms with van der Waals surface area (Å²) in [6, 6.07) is 24.9. The van der Waals surface area contributed by atoms with Gasteiger partial charge in [-0.25, -0.2) is 0 Å². The van der Waals surface area contributed by atoms with Gasteiger partial charge in [0.1, 0.15) is 12.4 Å². The third-order valence-corrected chi connectivity index (χ3v) is 7.82. The maximum atomic E-state index is 13.1. The summed E-state index contributed by atoms with van der Waals surface area (Å²) in [6.07, 6.45) is 1.55. The first-order chi connectivity index (χ1) is 19.4. The Kier molecular flexibility index (Phi) is 9.14. The van der Waals surface area contributed by atoms with Crippen LogP contribution in [0.15, 0.2) is 72.8 Å². The molecular weight excluding hydrogens is 500 g/mol. The van der Waals surface area contributed by atoms with E-state index in [1.165, 1.54) is 11.1 Å². The molecule has 1 unspecified atom stereocenters. The van der Waals surface area contributed by atoms with Crippen LogP contribution in [0, 0.1) is 6.92 Å². The summed E-state index contributed by atoms with van der Waals surface area (Å²) < 4.78 is 6.08. The van der Waals surface area contributed by atoms with Crippen LogP contribution in [0.5, 0.6) is 5.75 Å². The van der Waals surface area contributed by atoms with Crippen LogP contribution < -0.4 is 10.1 Å². The molecule has 0 radical (unpaired) electrons. The van der Waals surface area contributed by atoms with Crippen molar-refractivity contribution in [1.29, 1.82) is 0 Å². The van der Waals surface area contributed by atoms with Crippen molar-refractivity contribution in [2.24, 2.45) is 0 Å². The number of nitrogens with one attached hydrogen (secondary N) is 1. The van der Waals surface area contributed by atoms with Gasteiger partial charge in [0.05, 0.1) is 0 Å². The van der Waals surface area contributed by atoms with Gasteiger partial charge in [0.2, 0.25) is 5.91 Å². The van der Waals surface area contributed by atoms with E-state index in [9.17, 15) is 9.59 Å². The number of amides is 2. The molecule has 2 aliphatic rings. The number of nitrogens with zero attached hydrogens (tertiary/aromatic N) is 3. The molecule has 3 aromatic carbocycles. The van der Waals surface area contributed by atoms with Crippen LogP contribution >= 0.6 is 0 Å². The molecular formula is C33H40N4O3. The number of carbonyl (C=O) groups is 2. The quantitative estimate of drug-likeness (QED) is 0.418. The molecule has 2 aliphatic heterocycles. The summed E-state index contributed by atoms with van der Waals surface area (Å²) in [4.78, 5) is 31.1. The fraction of sp³-hybridized carbons (Fsp3) is 0.394. The van der Waals surface area contributed by atoms with Crippen LogP contribution in [0.25, 0.3) is 11.1 Å². The minimum Gasteiger partial charge on any atom is -0.492 e. The van der Waals surface area contributed by atoms with E-state index in [-0.39, 0.29) is 17.9 Å². The molecule has 2 fully saturated rings. The molecule has 0 aliphatic carbocycles. The molecule has 2 saturated heterocycles. The standard InChI is InChI=1S/C33H40N4O3/c1-25-6-8-27(9-7-25)28-10-12-29(13-11-28)33(39)37-18-16-36(17-19-37)20-21-40-31-5-3-4-26(22-31)23-35(2)24-30-14-15-32(38)34-30/h3-13,22,30H,14-21,23-24H2,1-2H3,(H,34,38). The highest BCUT2D eigenvalue weighted by atomic mass is 16.5. The molecule has 7 nitrogen and oxygen atoms in total. The predicted molar refractivity (Wildman–Crippen MR) is 158 cm³/mol. The average Bonchev–Trinajstić information content (AvgIpc) is 3.37. The molecule has 2 amide bonds. The molecule has 210 valence electrons. The maximum Gasteiger partial charge on any atom is 0.253 e. The summed E-state index contributed by atoms with van der Waals surface area (Å²) in [5.74, 6) is 1.14. The van der Waals surface area contributed by atoms with Gasteiger partial charge in [-0.2, -0.15) is 0 Å². The molecule has 40 heavy (non-hydrogen) atoms. The van der Waals surface area contributed by atoms with Gasteiger partial charge < -0.3 is 19.9 Å². The minimum atomic E-state index is 0.100. The molecule has 7 heteroatoms. The topological polar surface area (TPSA) is 65.1 Å². The fourth-order valence-electron chi connectivity index (χ4n) is 5.50. The van der Waals surface area contributed by atoms with Crippen molar-refractivity contribution in [3.05, 3.63) is 89.5 Å². The zero-order valence-electron chi connectivity index (χ0n) is 23.6. The molecule has 1 N–H and O–H groups in total. The van der Waals surface area contributed by atoms with Crippen molar-refractivity contribution in [2.45, 2.75) is 32.4 Å². The Morgan fingerprint density at radius 1 is 0.975 bits per heavy atom. The van der Waals surface area contributed by atoms with Crippen LogP contribution in [0.4, 0.5) is 0 Å². The van der Waals surface area contributed by atoms with Gasteiger partial charge in [-0.1, -0.05) is 54.1 Å². The highest BCUT2D eigenvalue weighted by Crippen LogP contribution is 2.21. The third-order valence-electron chi connectivity index (χ3n) is 7.82. The van der Waals surface area contributed by atoms with Gasteiger partial charge >= 0.3 is 0 Å². The molecule has 2 heterocycles. The lowest BCUT2D eigenvalue weighted by atomic mass is 10.0. The van der Waals surface area contributed by atoms with E-state index in [0.717, 1.165) is 74.7 Å². The Balaban J connectivity index is 1.03. The van der Waals surface area contributed by atoms with Gasteiger partial charge in [0.15, 0.2) is 0 Å². The maximum absolute atomic E-state index is 13.1. The van der Waals surface area contributed by atoms with Gasteiger partial charge in [-0.3, -0.25) is 14.5 Å². The molecule has 1 atom stereocenters. The number of aryl methyl sites for hydroxylation is 1. The summed E-state index contributed by atoms with van der Waals surface area (Å²) in [5.41, 5.74) is 5.46. The van der Waals surface area contributed by atoms with Crippen LogP contribution in [0.1, 0.15) is 34.3 Å². The summed E-state index contributed by atoms with van der Waals surface area (Å²) in [7, 11) is 2.09. The highest BCUT2D eigenvalue weighted by molar-refractivity contribution is 5.94. The lowest BCUT2D eigenvalue weighted by molar-refractivity contribution is -0.119. The van der Waals surface area contributed by atoms with E-state index in [0.29, 0.717) is 13.0 Å². The Morgan fingerprint density at radius 3 is 2.35 bits per heavy atom. The zero-order valence-corrected chi connectivity index (χ0v) is 23.6. The van der Waals surface area contributed by atoms with Gasteiger partial charge in [-0.15, -0.1) is 0 Å². The second-order valence-electron chi connectivity index (χ2n) is 11.1. The number of benzene rings is 3. The van der Waals surface area contributed by atoms with Crippen LogP contribution in [-0.2, 0) is 11.3 Å². The van der Waals surface area contributed by atoms with E-state index >= 15 is 0 Å². The molecule has 0 bridgehead atoms. The lowest BCUT2D eigenvalue weighted by Crippen LogP contribution is -2.49. The Hall–Kier alpha value is -3.68. The second kappa shape index (κ2) is 13.1. The number of piperazine rings is 1. The van der Waals surface area contributed by atoms with Crippen LogP contribution in [-0.4, -0.2) is 85.5 Å². The van der Waals surface area contributed by atoms with E-state index in [1.807, 2.05) is 41.3 Å². The van der Waals surface area contributed by atoms with E-state index in [1.54, 1.807) is 0 Å². The van der Waals surface area contributed by atoms with E-state index in [2.05, 4.69) is 65.5 Å². The molecule has 0 aromatic heterocycles. The second-order valence-corrected chi connectivity index (χ2v) is 11.1. The highest BCUT2D eigenvalue weighted by Gasteiger charge is 2.23. The van der Waals surface area contributed by atoms with Gasteiger partial charge in [0, 0.05) is 63.8 Å². The molecule has 5 rings (SSSR count). The van der Waals surface area contributed by atoms with Crippen molar-refractivity contribution < 1.29 is 14.3 Å². The monoisotopic (exact) mass is 540 g/mol. The number of carbonyl (C=O) groups excluding carboxylic acids is 2. The Labute approximate surface area is 237 Å². The summed E-state index contributed by atoms with van der Waals surface area (Å²) in [6.45, 7) is 8.33. The number of ether oxygens (including phenoxy) is 1. The summed E-state index contributed by atoms with van der Waals surface area (Å²) in [5, 5.41) is 3.04. The Bertz CT molecular complexity index is 1280. The number of rotatable bonds is 10. The third kappa shape index (κ3) is 7.49. The normalized spacial score (nSPS) is 17.7. The van der Waals surface area contributed by atoms with Crippen molar-refractivity contribution in [3.8, 4) is 16.9 Å². The van der Waals surface area contributed by atoms with Gasteiger partial charge in [0.25, 0.3) is 5.91 Å². The molecule has 0 saturated carbocycles. The lowest BCUT2D eigenvalue weighted by Gasteiger charge is -2.34. The van der Waals surface area contributed by atoms with Crippen LogP contribution in [0.3, 0.4) is 0 Å². The first-order valence-corrected chi connectivity index (χ1v) is 14.3. The molecule has 0 spiro atoms. The van der Waals surface area contributed by atoms with Crippen molar-refractivity contribution in [3.63, 3.8) is 0 Å². The fourth-order valence-corrected chi connectivity index (χ4v) is 5.50. The number of hydrogen-bond acceptors (Lipinski definition) is 5.